The molecule has 1 amide bonds. The molecule has 2 nitrogen and oxygen atoms in total. The van der Waals surface area contributed by atoms with Crippen LogP contribution in [0, 0.1) is 0 Å². The van der Waals surface area contributed by atoms with E-state index in [4.69, 9.17) is 0 Å². The van der Waals surface area contributed by atoms with Crippen molar-refractivity contribution in [3.63, 3.8) is 0 Å². The van der Waals surface area contributed by atoms with E-state index in [2.05, 4.69) is 12.2 Å². The molecule has 0 N–H and O–H groups in total. The minimum Gasteiger partial charge on any atom is -0.309 e. The fourth-order valence-electron chi connectivity index (χ4n) is 2.25. The number of hydrogen-bond donors (Lipinski definition) is 0. The maximum absolute atomic E-state index is 11.7. The first-order chi connectivity index (χ1) is 7.79. The monoisotopic (exact) mass is 215 g/mol. The van der Waals surface area contributed by atoms with Gasteiger partial charge in [0.05, 0.1) is 0 Å². The quantitative estimate of drug-likeness (QED) is 0.694. The number of allylic oxidation sites excluding steroid dienone is 1. The standard InChI is InChI=1S/C14H17NO/c1-12(16)15(13-8-4-2-5-9-13)14-10-6-3-7-11-14/h2-6,8-9,14H,7,10-11H2,1H3. The summed E-state index contributed by atoms with van der Waals surface area (Å²) in [6.07, 6.45) is 7.47. The van der Waals surface area contributed by atoms with Crippen LogP contribution in [0.25, 0.3) is 0 Å². The average molecular weight is 215 g/mol. The number of benzene rings is 1. The van der Waals surface area contributed by atoms with Gasteiger partial charge in [-0.15, -0.1) is 0 Å². The number of carbonyl (C=O) groups excluding carboxylic acids is 1. The van der Waals surface area contributed by atoms with Gasteiger partial charge in [-0.05, 0) is 31.4 Å². The van der Waals surface area contributed by atoms with Crippen LogP contribution in [0.5, 0.6) is 0 Å². The number of nitrogens with zero attached hydrogens (tertiary/aromatic N) is 1. The van der Waals surface area contributed by atoms with Crippen molar-refractivity contribution in [2.24, 2.45) is 0 Å². The van der Waals surface area contributed by atoms with Crippen molar-refractivity contribution < 1.29 is 4.79 Å². The Balaban J connectivity index is 2.24. The summed E-state index contributed by atoms with van der Waals surface area (Å²) in [4.78, 5) is 13.7. The van der Waals surface area contributed by atoms with Gasteiger partial charge in [-0.3, -0.25) is 4.79 Å². The van der Waals surface area contributed by atoms with E-state index in [0.717, 1.165) is 24.9 Å². The van der Waals surface area contributed by atoms with Gasteiger partial charge in [-0.1, -0.05) is 30.4 Å². The van der Waals surface area contributed by atoms with Crippen LogP contribution in [-0.2, 0) is 4.79 Å². The SMILES string of the molecule is CC(=O)N(c1ccccc1)C1CC=CCC1. The fraction of sp³-hybridized carbons (Fsp3) is 0.357. The molecule has 1 atom stereocenters. The second kappa shape index (κ2) is 4.97. The van der Waals surface area contributed by atoms with E-state index in [0.29, 0.717) is 6.04 Å². The molecule has 1 unspecified atom stereocenters. The third-order valence-corrected chi connectivity index (χ3v) is 2.98. The summed E-state index contributed by atoms with van der Waals surface area (Å²) in [7, 11) is 0. The Morgan fingerprint density at radius 1 is 1.25 bits per heavy atom. The summed E-state index contributed by atoms with van der Waals surface area (Å²) >= 11 is 0. The van der Waals surface area contributed by atoms with E-state index in [1.54, 1.807) is 6.92 Å². The Morgan fingerprint density at radius 3 is 2.56 bits per heavy atom. The van der Waals surface area contributed by atoms with Gasteiger partial charge < -0.3 is 4.90 Å². The first kappa shape index (κ1) is 10.9. The predicted octanol–water partition coefficient (Wildman–Crippen LogP) is 3.15. The molecule has 0 saturated heterocycles. The van der Waals surface area contributed by atoms with Crippen molar-refractivity contribution in [3.05, 3.63) is 42.5 Å². The van der Waals surface area contributed by atoms with E-state index < -0.39 is 0 Å². The molecule has 0 radical (unpaired) electrons. The number of amides is 1. The van der Waals surface area contributed by atoms with Gasteiger partial charge in [0, 0.05) is 18.7 Å². The predicted molar refractivity (Wildman–Crippen MR) is 66.4 cm³/mol. The second-order valence-corrected chi connectivity index (χ2v) is 4.16. The van der Waals surface area contributed by atoms with Crippen LogP contribution in [0.15, 0.2) is 42.5 Å². The first-order valence-corrected chi connectivity index (χ1v) is 5.79. The first-order valence-electron chi connectivity index (χ1n) is 5.79. The molecule has 84 valence electrons. The van der Waals surface area contributed by atoms with E-state index >= 15 is 0 Å². The van der Waals surface area contributed by atoms with Gasteiger partial charge in [0.15, 0.2) is 0 Å². The van der Waals surface area contributed by atoms with Crippen molar-refractivity contribution in [2.75, 3.05) is 4.90 Å². The maximum atomic E-state index is 11.7. The zero-order valence-corrected chi connectivity index (χ0v) is 9.60. The van der Waals surface area contributed by atoms with E-state index in [-0.39, 0.29) is 5.91 Å². The second-order valence-electron chi connectivity index (χ2n) is 4.16. The lowest BCUT2D eigenvalue weighted by molar-refractivity contribution is -0.117. The third-order valence-electron chi connectivity index (χ3n) is 2.98. The maximum Gasteiger partial charge on any atom is 0.224 e. The summed E-state index contributed by atoms with van der Waals surface area (Å²) < 4.78 is 0. The molecule has 16 heavy (non-hydrogen) atoms. The average Bonchev–Trinajstić information content (AvgIpc) is 2.31. The van der Waals surface area contributed by atoms with Crippen LogP contribution in [0.3, 0.4) is 0 Å². The number of carbonyl (C=O) groups is 1. The Kier molecular flexibility index (Phi) is 3.40. The summed E-state index contributed by atoms with van der Waals surface area (Å²) in [6, 6.07) is 10.3. The molecule has 1 aliphatic carbocycles. The Morgan fingerprint density at radius 2 is 2.00 bits per heavy atom. The summed E-state index contributed by atoms with van der Waals surface area (Å²) in [6.45, 7) is 1.64. The zero-order valence-electron chi connectivity index (χ0n) is 9.60. The van der Waals surface area contributed by atoms with Crippen LogP contribution in [-0.4, -0.2) is 11.9 Å². The van der Waals surface area contributed by atoms with Crippen molar-refractivity contribution in [1.29, 1.82) is 0 Å². The third kappa shape index (κ3) is 2.32. The molecule has 0 aromatic heterocycles. The lowest BCUT2D eigenvalue weighted by atomic mass is 9.99. The molecular formula is C14H17NO. The summed E-state index contributed by atoms with van der Waals surface area (Å²) in [5.74, 6) is 0.131. The number of hydrogen-bond acceptors (Lipinski definition) is 1. The molecule has 0 aliphatic heterocycles. The van der Waals surface area contributed by atoms with E-state index in [1.165, 1.54) is 0 Å². The van der Waals surface area contributed by atoms with Gasteiger partial charge in [0.2, 0.25) is 5.91 Å². The van der Waals surface area contributed by atoms with Gasteiger partial charge in [-0.25, -0.2) is 0 Å². The van der Waals surface area contributed by atoms with Gasteiger partial charge >= 0.3 is 0 Å². The van der Waals surface area contributed by atoms with Gasteiger partial charge in [0.25, 0.3) is 0 Å². The van der Waals surface area contributed by atoms with Crippen LogP contribution < -0.4 is 4.90 Å². The molecule has 0 fully saturated rings. The topological polar surface area (TPSA) is 20.3 Å². The van der Waals surface area contributed by atoms with Crippen molar-refractivity contribution >= 4 is 11.6 Å². The molecule has 0 spiro atoms. The Hall–Kier alpha value is -1.57. The van der Waals surface area contributed by atoms with Gasteiger partial charge in [-0.2, -0.15) is 0 Å². The molecule has 0 heterocycles. The van der Waals surface area contributed by atoms with Crippen molar-refractivity contribution in [2.45, 2.75) is 32.2 Å². The largest absolute Gasteiger partial charge is 0.309 e. The highest BCUT2D eigenvalue weighted by Gasteiger charge is 2.22. The lowest BCUT2D eigenvalue weighted by Gasteiger charge is -2.31. The number of para-hydroxylation sites is 1. The molecule has 1 aromatic rings. The highest BCUT2D eigenvalue weighted by Crippen LogP contribution is 2.24. The normalized spacial score (nSPS) is 19.4. The molecule has 0 bridgehead atoms. The number of rotatable bonds is 2. The number of anilines is 1. The minimum absolute atomic E-state index is 0.131. The van der Waals surface area contributed by atoms with Crippen molar-refractivity contribution in [1.82, 2.24) is 0 Å². The highest BCUT2D eigenvalue weighted by atomic mass is 16.2. The Bertz CT molecular complexity index is 383. The minimum atomic E-state index is 0.131. The molecule has 0 saturated carbocycles. The van der Waals surface area contributed by atoms with Crippen LogP contribution in [0.1, 0.15) is 26.2 Å². The van der Waals surface area contributed by atoms with E-state index in [1.807, 2.05) is 35.2 Å². The molecule has 1 aromatic carbocycles. The highest BCUT2D eigenvalue weighted by molar-refractivity contribution is 5.92. The Labute approximate surface area is 96.6 Å². The zero-order chi connectivity index (χ0) is 11.4. The molecular weight excluding hydrogens is 198 g/mol. The van der Waals surface area contributed by atoms with Crippen LogP contribution in [0.4, 0.5) is 5.69 Å². The molecule has 1 aliphatic rings. The summed E-state index contributed by atoms with van der Waals surface area (Å²) in [5.41, 5.74) is 1.01. The smallest absolute Gasteiger partial charge is 0.224 e. The van der Waals surface area contributed by atoms with Crippen LogP contribution in [0.2, 0.25) is 0 Å². The van der Waals surface area contributed by atoms with Gasteiger partial charge in [0.1, 0.15) is 0 Å². The molecule has 2 rings (SSSR count). The summed E-state index contributed by atoms with van der Waals surface area (Å²) in [5, 5.41) is 0. The van der Waals surface area contributed by atoms with Crippen molar-refractivity contribution in [3.8, 4) is 0 Å². The van der Waals surface area contributed by atoms with E-state index in [9.17, 15) is 4.79 Å². The fourth-order valence-corrected chi connectivity index (χ4v) is 2.25. The molecule has 2 heteroatoms. The van der Waals surface area contributed by atoms with Crippen LogP contribution >= 0.6 is 0 Å². The lowest BCUT2D eigenvalue weighted by Crippen LogP contribution is -2.39.